The number of alkyl halides is 3. The van der Waals surface area contributed by atoms with Gasteiger partial charge in [-0.2, -0.15) is 13.2 Å². The molecule has 0 unspecified atom stereocenters. The van der Waals surface area contributed by atoms with Crippen LogP contribution in [-0.4, -0.2) is 49.5 Å². The molecule has 31 heavy (non-hydrogen) atoms. The fourth-order valence-electron chi connectivity index (χ4n) is 2.38. The molecule has 0 saturated heterocycles. The molecule has 0 aliphatic heterocycles. The minimum Gasteiger partial charge on any atom is -0.399 e. The normalized spacial score (nSPS) is 14.0. The lowest BCUT2D eigenvalue weighted by Gasteiger charge is -2.26. The largest absolute Gasteiger partial charge is 0.426 e. The summed E-state index contributed by atoms with van der Waals surface area (Å²) in [5.74, 6) is -1.79. The number of carbonyl (C=O) groups is 1. The van der Waals surface area contributed by atoms with Gasteiger partial charge in [-0.3, -0.25) is 9.10 Å². The van der Waals surface area contributed by atoms with Crippen molar-refractivity contribution < 1.29 is 36.6 Å². The van der Waals surface area contributed by atoms with Crippen LogP contribution >= 0.6 is 11.6 Å². The van der Waals surface area contributed by atoms with E-state index < -0.39 is 34.3 Å². The predicted molar refractivity (Wildman–Crippen MR) is 109 cm³/mol. The van der Waals surface area contributed by atoms with Gasteiger partial charge in [0.2, 0.25) is 5.60 Å². The molecule has 1 atom stereocenters. The number of carbonyl (C=O) groups excluding carboxylic acids is 1. The summed E-state index contributed by atoms with van der Waals surface area (Å²) in [6.07, 6.45) is -5.24. The maximum Gasteiger partial charge on any atom is 0.426 e. The van der Waals surface area contributed by atoms with E-state index in [-0.39, 0.29) is 34.8 Å². The number of hydrogen-bond donors (Lipinski definition) is 4. The van der Waals surface area contributed by atoms with Crippen LogP contribution in [0.25, 0.3) is 0 Å². The molecule has 0 aliphatic rings. The van der Waals surface area contributed by atoms with Crippen LogP contribution < -0.4 is 15.4 Å². The van der Waals surface area contributed by atoms with Crippen molar-refractivity contribution >= 4 is 44.6 Å². The lowest BCUT2D eigenvalue weighted by molar-refractivity contribution is -0.242. The van der Waals surface area contributed by atoms with E-state index in [0.717, 1.165) is 22.5 Å². The van der Waals surface area contributed by atoms with Gasteiger partial charge >= 0.3 is 6.18 Å². The molecular weight excluding hydrogens is 463 g/mol. The zero-order chi connectivity index (χ0) is 23.6. The summed E-state index contributed by atoms with van der Waals surface area (Å²) < 4.78 is 65.4. The Hall–Kier alpha value is -2.54. The number of rotatable bonds is 7. The number of nitrogens with two attached hydrogens (primary N) is 1. The van der Waals surface area contributed by atoms with Crippen LogP contribution in [0.1, 0.15) is 6.92 Å². The average molecular weight is 482 g/mol. The zero-order valence-electron chi connectivity index (χ0n) is 16.0. The van der Waals surface area contributed by atoms with Gasteiger partial charge in [-0.1, -0.05) is 11.6 Å². The van der Waals surface area contributed by atoms with Gasteiger partial charge in [0.15, 0.2) is 0 Å². The van der Waals surface area contributed by atoms with Gasteiger partial charge in [0.1, 0.15) is 0 Å². The van der Waals surface area contributed by atoms with E-state index in [9.17, 15) is 36.6 Å². The van der Waals surface area contributed by atoms with Crippen LogP contribution in [0.3, 0.4) is 0 Å². The molecule has 170 valence electrons. The Morgan fingerprint density at radius 2 is 1.77 bits per heavy atom. The summed E-state index contributed by atoms with van der Waals surface area (Å²) in [7, 11) is -4.24. The maximum absolute atomic E-state index is 13.0. The Morgan fingerprint density at radius 3 is 2.26 bits per heavy atom. The molecule has 5 N–H and O–H groups in total. The second-order valence-corrected chi connectivity index (χ2v) is 8.83. The molecule has 1 amide bonds. The smallest absolute Gasteiger partial charge is 0.399 e. The van der Waals surface area contributed by atoms with Crippen molar-refractivity contribution in [3.8, 4) is 0 Å². The lowest BCUT2D eigenvalue weighted by Crippen LogP contribution is -2.52. The van der Waals surface area contributed by atoms with Crippen molar-refractivity contribution in [2.24, 2.45) is 0 Å². The molecule has 2 rings (SSSR count). The first-order valence-corrected chi connectivity index (χ1v) is 10.4. The minimum absolute atomic E-state index is 0.206. The first kappa shape index (κ1) is 24.7. The summed E-state index contributed by atoms with van der Waals surface area (Å²) in [6, 6.07) is 8.72. The zero-order valence-corrected chi connectivity index (χ0v) is 17.6. The Labute approximate surface area is 181 Å². The summed E-state index contributed by atoms with van der Waals surface area (Å²) in [6.45, 7) is -0.525. The van der Waals surface area contributed by atoms with Crippen LogP contribution in [0, 0.1) is 0 Å². The van der Waals surface area contributed by atoms with Crippen LogP contribution in [0.5, 0.6) is 0 Å². The number of nitrogens with one attached hydrogen (secondary N) is 1. The van der Waals surface area contributed by atoms with E-state index in [2.05, 4.69) is 0 Å². The van der Waals surface area contributed by atoms with Crippen molar-refractivity contribution in [3.05, 3.63) is 47.5 Å². The summed E-state index contributed by atoms with van der Waals surface area (Å²) >= 11 is 5.97. The molecule has 0 bridgehead atoms. The number of aliphatic hydroxyl groups is 2. The van der Waals surface area contributed by atoms with Gasteiger partial charge < -0.3 is 21.3 Å². The fourth-order valence-corrected chi connectivity index (χ4v) is 4.15. The Morgan fingerprint density at radius 1 is 1.19 bits per heavy atom. The van der Waals surface area contributed by atoms with Gasteiger partial charge in [0.25, 0.3) is 15.9 Å². The number of hydrogen-bond acceptors (Lipinski definition) is 6. The lowest BCUT2D eigenvalue weighted by atomic mass is 10.1. The number of aliphatic hydroxyl groups excluding tert-OH is 1. The molecule has 0 fully saturated rings. The summed E-state index contributed by atoms with van der Waals surface area (Å²) in [4.78, 5) is 11.5. The molecule has 0 spiro atoms. The predicted octanol–water partition coefficient (Wildman–Crippen LogP) is 2.36. The SMILES string of the molecule is C[C@@](O)(C(=O)Nc1ccc(S(=O)(=O)N(CCO)c2ccc(N)cc2)cc1Cl)C(F)(F)F. The number of nitrogens with zero attached hydrogens (tertiary/aromatic N) is 1. The van der Waals surface area contributed by atoms with Crippen molar-refractivity contribution in [2.75, 3.05) is 28.5 Å². The third-order valence-corrected chi connectivity index (χ3v) is 6.39. The first-order chi connectivity index (χ1) is 14.2. The molecule has 8 nitrogen and oxygen atoms in total. The summed E-state index contributed by atoms with van der Waals surface area (Å²) in [5, 5.41) is 20.1. The van der Waals surface area contributed by atoms with Gasteiger partial charge in [-0.25, -0.2) is 8.42 Å². The second-order valence-electron chi connectivity index (χ2n) is 6.56. The Bertz CT molecular complexity index is 1060. The van der Waals surface area contributed by atoms with E-state index in [0.29, 0.717) is 5.69 Å². The van der Waals surface area contributed by atoms with Gasteiger partial charge in [-0.05, 0) is 49.4 Å². The van der Waals surface area contributed by atoms with E-state index >= 15 is 0 Å². The highest BCUT2D eigenvalue weighted by Crippen LogP contribution is 2.33. The number of nitrogen functional groups attached to an aromatic ring is 1. The molecule has 0 saturated carbocycles. The van der Waals surface area contributed by atoms with Crippen molar-refractivity contribution in [3.63, 3.8) is 0 Å². The molecule has 2 aromatic rings. The van der Waals surface area contributed by atoms with E-state index in [1.165, 1.54) is 24.3 Å². The van der Waals surface area contributed by atoms with Crippen LogP contribution in [0.2, 0.25) is 5.02 Å². The highest BCUT2D eigenvalue weighted by atomic mass is 35.5. The maximum atomic E-state index is 13.0. The molecule has 0 radical (unpaired) electrons. The first-order valence-electron chi connectivity index (χ1n) is 8.61. The number of amides is 1. The van der Waals surface area contributed by atoms with E-state index in [4.69, 9.17) is 17.3 Å². The van der Waals surface area contributed by atoms with Gasteiger partial charge in [0, 0.05) is 5.69 Å². The molecule has 0 heterocycles. The standard InChI is InChI=1S/C18H19ClF3N3O5S/c1-17(28,18(20,21)22)16(27)24-15-7-6-13(10-14(15)19)31(29,30)25(8-9-26)12-4-2-11(23)3-5-12/h2-7,10,26,28H,8-9,23H2,1H3,(H,24,27)/t17-/m1/s1. The Balaban J connectivity index is 2.38. The molecule has 13 heteroatoms. The highest BCUT2D eigenvalue weighted by Gasteiger charge is 2.55. The van der Waals surface area contributed by atoms with Crippen LogP contribution in [0.15, 0.2) is 47.4 Å². The number of sulfonamides is 1. The monoisotopic (exact) mass is 481 g/mol. The van der Waals surface area contributed by atoms with Gasteiger partial charge in [-0.15, -0.1) is 0 Å². The van der Waals surface area contributed by atoms with Crippen molar-refractivity contribution in [2.45, 2.75) is 23.6 Å². The summed E-state index contributed by atoms with van der Waals surface area (Å²) in [5.41, 5.74) is 2.17. The molecule has 0 aliphatic carbocycles. The van der Waals surface area contributed by atoms with Crippen LogP contribution in [-0.2, 0) is 14.8 Å². The molecular formula is C18H19ClF3N3O5S. The van der Waals surface area contributed by atoms with Gasteiger partial charge in [0.05, 0.1) is 34.4 Å². The topological polar surface area (TPSA) is 133 Å². The second kappa shape index (κ2) is 8.91. The quantitative estimate of drug-likeness (QED) is 0.449. The molecule has 2 aromatic carbocycles. The number of anilines is 3. The third-order valence-electron chi connectivity index (χ3n) is 4.26. The third kappa shape index (κ3) is 5.21. The van der Waals surface area contributed by atoms with Crippen molar-refractivity contribution in [1.82, 2.24) is 0 Å². The van der Waals surface area contributed by atoms with E-state index in [1.54, 1.807) is 0 Å². The average Bonchev–Trinajstić information content (AvgIpc) is 2.67. The fraction of sp³-hybridized carbons (Fsp3) is 0.278. The minimum atomic E-state index is -5.24. The number of halogens is 4. The Kier molecular flexibility index (Phi) is 7.10. The molecule has 0 aromatic heterocycles. The van der Waals surface area contributed by atoms with Crippen molar-refractivity contribution in [1.29, 1.82) is 0 Å². The van der Waals surface area contributed by atoms with Crippen LogP contribution in [0.4, 0.5) is 30.2 Å². The number of benzene rings is 2. The van der Waals surface area contributed by atoms with E-state index in [1.807, 2.05) is 5.32 Å². The highest BCUT2D eigenvalue weighted by molar-refractivity contribution is 7.92.